The minimum atomic E-state index is -3.88. The number of benzene rings is 3. The number of hydrogen-bond acceptors (Lipinski definition) is 5. The van der Waals surface area contributed by atoms with E-state index in [9.17, 15) is 13.2 Å². The minimum Gasteiger partial charge on any atom is -0.495 e. The number of para-hydroxylation sites is 1. The lowest BCUT2D eigenvalue weighted by Crippen LogP contribution is -2.20. The fourth-order valence-electron chi connectivity index (χ4n) is 3.73. The fraction of sp³-hybridized carbons (Fsp3) is 0.136. The molecule has 2 heterocycles. The number of nitrogens with one attached hydrogen (secondary N) is 2. The number of methoxy groups -OCH3 is 1. The van der Waals surface area contributed by atoms with Gasteiger partial charge in [0.25, 0.3) is 10.0 Å². The molecule has 0 aliphatic carbocycles. The number of furan rings is 1. The maximum Gasteiger partial charge on any atom is 0.262 e. The Morgan fingerprint density at radius 2 is 1.83 bits per heavy atom. The number of ether oxygens (including phenoxy) is 1. The summed E-state index contributed by atoms with van der Waals surface area (Å²) < 4.78 is 40.0. The van der Waals surface area contributed by atoms with Gasteiger partial charge in [0.15, 0.2) is 0 Å². The van der Waals surface area contributed by atoms with Crippen molar-refractivity contribution in [3.05, 3.63) is 60.2 Å². The predicted molar refractivity (Wildman–Crippen MR) is 114 cm³/mol. The lowest BCUT2D eigenvalue weighted by Gasteiger charge is -2.18. The molecule has 152 valence electrons. The summed E-state index contributed by atoms with van der Waals surface area (Å²) in [4.78, 5) is 11.6. The van der Waals surface area contributed by atoms with Gasteiger partial charge >= 0.3 is 0 Å². The third kappa shape index (κ3) is 3.05. The maximum atomic E-state index is 13.0. The van der Waals surface area contributed by atoms with Crippen LogP contribution in [0, 0.1) is 0 Å². The summed E-state index contributed by atoms with van der Waals surface area (Å²) in [5.74, 6) is 0.322. The minimum absolute atomic E-state index is 0.0693. The highest BCUT2D eigenvalue weighted by atomic mass is 32.2. The van der Waals surface area contributed by atoms with Gasteiger partial charge in [0.1, 0.15) is 16.9 Å². The molecule has 2 N–H and O–H groups in total. The molecule has 30 heavy (non-hydrogen) atoms. The number of sulfonamides is 1. The van der Waals surface area contributed by atoms with Crippen LogP contribution in [0.1, 0.15) is 12.0 Å². The van der Waals surface area contributed by atoms with E-state index in [2.05, 4.69) is 10.0 Å². The Balaban J connectivity index is 1.55. The van der Waals surface area contributed by atoms with E-state index in [1.807, 2.05) is 24.3 Å². The molecule has 1 amide bonds. The quantitative estimate of drug-likeness (QED) is 0.512. The van der Waals surface area contributed by atoms with Crippen molar-refractivity contribution in [2.24, 2.45) is 0 Å². The molecule has 0 unspecified atom stereocenters. The normalized spacial score (nSPS) is 13.8. The third-order valence-electron chi connectivity index (χ3n) is 5.23. The molecule has 0 saturated heterocycles. The molecular formula is C22H18N2O5S. The molecule has 3 aromatic carbocycles. The average Bonchev–Trinajstić information content (AvgIpc) is 3.09. The Labute approximate surface area is 172 Å². The second-order valence-electron chi connectivity index (χ2n) is 7.12. The number of hydrogen-bond donors (Lipinski definition) is 2. The third-order valence-corrected chi connectivity index (χ3v) is 6.59. The zero-order chi connectivity index (χ0) is 20.9. The summed E-state index contributed by atoms with van der Waals surface area (Å²) in [6, 6.07) is 15.7. The first kappa shape index (κ1) is 18.5. The van der Waals surface area contributed by atoms with Gasteiger partial charge < -0.3 is 14.5 Å². The summed E-state index contributed by atoms with van der Waals surface area (Å²) in [6.45, 7) is 0. The van der Waals surface area contributed by atoms with E-state index in [4.69, 9.17) is 9.15 Å². The van der Waals surface area contributed by atoms with E-state index in [1.165, 1.54) is 13.2 Å². The lowest BCUT2D eigenvalue weighted by atomic mass is 10.0. The first-order valence-corrected chi connectivity index (χ1v) is 10.9. The van der Waals surface area contributed by atoms with Gasteiger partial charge in [0.2, 0.25) is 5.91 Å². The van der Waals surface area contributed by atoms with Crippen molar-refractivity contribution in [2.45, 2.75) is 17.7 Å². The molecular weight excluding hydrogens is 404 g/mol. The molecule has 0 bridgehead atoms. The number of fused-ring (bicyclic) bond motifs is 4. The monoisotopic (exact) mass is 422 g/mol. The van der Waals surface area contributed by atoms with Crippen LogP contribution in [0.15, 0.2) is 63.9 Å². The first-order valence-electron chi connectivity index (χ1n) is 9.39. The second kappa shape index (κ2) is 6.77. The number of carbonyl (C=O) groups is 1. The zero-order valence-electron chi connectivity index (χ0n) is 16.1. The standard InChI is InChI=1S/C22H18N2O5S/c1-28-21-11-16-15-4-2-3-5-19(15)29-20(16)12-18(21)24-30(26,27)14-7-8-17-13(10-14)6-9-22(25)23-17/h2-5,7-8,10-12,24H,6,9H2,1H3,(H,23,25). The van der Waals surface area contributed by atoms with Crippen molar-refractivity contribution in [1.29, 1.82) is 0 Å². The smallest absolute Gasteiger partial charge is 0.262 e. The fourth-order valence-corrected chi connectivity index (χ4v) is 4.84. The molecule has 4 aromatic rings. The van der Waals surface area contributed by atoms with Gasteiger partial charge in [-0.05, 0) is 42.3 Å². The Kier molecular flexibility index (Phi) is 4.18. The van der Waals surface area contributed by atoms with Crippen molar-refractivity contribution in [3.8, 4) is 5.75 Å². The van der Waals surface area contributed by atoms with Crippen LogP contribution in [0.4, 0.5) is 11.4 Å². The van der Waals surface area contributed by atoms with E-state index < -0.39 is 10.0 Å². The summed E-state index contributed by atoms with van der Waals surface area (Å²) in [7, 11) is -2.39. The van der Waals surface area contributed by atoms with Gasteiger partial charge in [-0.1, -0.05) is 18.2 Å². The SMILES string of the molecule is COc1cc2c(cc1NS(=O)(=O)c1ccc3c(c1)CCC(=O)N3)oc1ccccc12. The molecule has 1 aromatic heterocycles. The molecule has 0 saturated carbocycles. The zero-order valence-corrected chi connectivity index (χ0v) is 16.9. The number of carbonyl (C=O) groups excluding carboxylic acids is 1. The largest absolute Gasteiger partial charge is 0.495 e. The number of rotatable bonds is 4. The molecule has 0 fully saturated rings. The predicted octanol–water partition coefficient (Wildman–Crippen LogP) is 4.28. The molecule has 7 nitrogen and oxygen atoms in total. The van der Waals surface area contributed by atoms with Crippen molar-refractivity contribution in [1.82, 2.24) is 0 Å². The van der Waals surface area contributed by atoms with Crippen LogP contribution in [0.5, 0.6) is 5.75 Å². The molecule has 1 aliphatic rings. The van der Waals surface area contributed by atoms with Crippen LogP contribution >= 0.6 is 0 Å². The van der Waals surface area contributed by atoms with Crippen molar-refractivity contribution in [2.75, 3.05) is 17.1 Å². The number of aryl methyl sites for hydroxylation is 1. The van der Waals surface area contributed by atoms with E-state index in [-0.39, 0.29) is 16.5 Å². The van der Waals surface area contributed by atoms with Gasteiger partial charge in [-0.2, -0.15) is 0 Å². The van der Waals surface area contributed by atoms with E-state index in [0.29, 0.717) is 35.4 Å². The topological polar surface area (TPSA) is 97.6 Å². The first-order chi connectivity index (χ1) is 14.4. The van der Waals surface area contributed by atoms with Gasteiger partial charge in [-0.15, -0.1) is 0 Å². The van der Waals surface area contributed by atoms with Crippen LogP contribution < -0.4 is 14.8 Å². The Morgan fingerprint density at radius 1 is 1.00 bits per heavy atom. The highest BCUT2D eigenvalue weighted by molar-refractivity contribution is 7.92. The van der Waals surface area contributed by atoms with Crippen molar-refractivity contribution < 1.29 is 22.4 Å². The van der Waals surface area contributed by atoms with Crippen LogP contribution in [-0.4, -0.2) is 21.4 Å². The molecule has 5 rings (SSSR count). The highest BCUT2D eigenvalue weighted by Crippen LogP contribution is 2.37. The van der Waals surface area contributed by atoms with Crippen LogP contribution in [-0.2, 0) is 21.2 Å². The van der Waals surface area contributed by atoms with Gasteiger partial charge in [0, 0.05) is 28.9 Å². The Bertz CT molecular complexity index is 1420. The molecule has 0 spiro atoms. The van der Waals surface area contributed by atoms with Crippen LogP contribution in [0.3, 0.4) is 0 Å². The second-order valence-corrected chi connectivity index (χ2v) is 8.80. The summed E-state index contributed by atoms with van der Waals surface area (Å²) in [6.07, 6.45) is 0.833. The number of anilines is 2. The van der Waals surface area contributed by atoms with Crippen molar-refractivity contribution >= 4 is 49.2 Å². The average molecular weight is 422 g/mol. The van der Waals surface area contributed by atoms with Crippen LogP contribution in [0.2, 0.25) is 0 Å². The summed E-state index contributed by atoms with van der Waals surface area (Å²) in [5.41, 5.74) is 2.99. The van der Waals surface area contributed by atoms with Gasteiger partial charge in [-0.25, -0.2) is 8.42 Å². The van der Waals surface area contributed by atoms with E-state index >= 15 is 0 Å². The van der Waals surface area contributed by atoms with Gasteiger partial charge in [0.05, 0.1) is 17.7 Å². The molecule has 8 heteroatoms. The Hall–Kier alpha value is -3.52. The van der Waals surface area contributed by atoms with Crippen molar-refractivity contribution in [3.63, 3.8) is 0 Å². The molecule has 0 atom stereocenters. The highest BCUT2D eigenvalue weighted by Gasteiger charge is 2.22. The Morgan fingerprint density at radius 3 is 2.67 bits per heavy atom. The van der Waals surface area contributed by atoms with E-state index in [0.717, 1.165) is 16.3 Å². The maximum absolute atomic E-state index is 13.0. The lowest BCUT2D eigenvalue weighted by molar-refractivity contribution is -0.116. The van der Waals surface area contributed by atoms with Gasteiger partial charge in [-0.3, -0.25) is 9.52 Å². The summed E-state index contributed by atoms with van der Waals surface area (Å²) in [5, 5.41) is 4.52. The number of amides is 1. The summed E-state index contributed by atoms with van der Waals surface area (Å²) >= 11 is 0. The molecule has 1 aliphatic heterocycles. The van der Waals surface area contributed by atoms with E-state index in [1.54, 1.807) is 24.3 Å². The molecule has 0 radical (unpaired) electrons. The van der Waals surface area contributed by atoms with Crippen LogP contribution in [0.25, 0.3) is 21.9 Å².